The standard InChI is InChI=1S/C15H21ClFN3O/c1-11-8-18-6-7-20(11)10-15(21)19(2)9-12-13(16)4-3-5-14(12)17/h3-5,11,18H,6-10H2,1-2H3/t11-/m1/s1. The van der Waals surface area contributed by atoms with Gasteiger partial charge in [-0.05, 0) is 19.1 Å². The summed E-state index contributed by atoms with van der Waals surface area (Å²) in [4.78, 5) is 15.9. The SMILES string of the molecule is C[C@@H]1CNCCN1CC(=O)N(C)Cc1c(F)cccc1Cl. The third kappa shape index (κ3) is 4.15. The maximum atomic E-state index is 13.8. The molecule has 0 unspecified atom stereocenters. The van der Waals surface area contributed by atoms with Gasteiger partial charge in [0.1, 0.15) is 5.82 Å². The molecule has 2 rings (SSSR count). The molecule has 1 heterocycles. The first-order valence-electron chi connectivity index (χ1n) is 7.10. The van der Waals surface area contributed by atoms with E-state index in [1.165, 1.54) is 11.0 Å². The van der Waals surface area contributed by atoms with Gasteiger partial charge >= 0.3 is 0 Å². The van der Waals surface area contributed by atoms with Gasteiger partial charge in [-0.15, -0.1) is 0 Å². The number of amides is 1. The number of carbonyl (C=O) groups is 1. The molecule has 1 aliphatic heterocycles. The lowest BCUT2D eigenvalue weighted by Gasteiger charge is -2.34. The van der Waals surface area contributed by atoms with Gasteiger partial charge in [-0.25, -0.2) is 4.39 Å². The third-order valence-corrected chi connectivity index (χ3v) is 4.21. The fraction of sp³-hybridized carbons (Fsp3) is 0.533. The van der Waals surface area contributed by atoms with E-state index in [1.807, 2.05) is 0 Å². The van der Waals surface area contributed by atoms with E-state index in [0.717, 1.165) is 19.6 Å². The fourth-order valence-corrected chi connectivity index (χ4v) is 2.64. The lowest BCUT2D eigenvalue weighted by Crippen LogP contribution is -2.52. The van der Waals surface area contributed by atoms with Crippen molar-refractivity contribution < 1.29 is 9.18 Å². The minimum absolute atomic E-state index is 0.0249. The van der Waals surface area contributed by atoms with E-state index < -0.39 is 0 Å². The Balaban J connectivity index is 1.96. The van der Waals surface area contributed by atoms with E-state index >= 15 is 0 Å². The van der Waals surface area contributed by atoms with Crippen LogP contribution in [0, 0.1) is 5.82 Å². The van der Waals surface area contributed by atoms with Crippen molar-refractivity contribution in [3.8, 4) is 0 Å². The zero-order chi connectivity index (χ0) is 15.4. The first kappa shape index (κ1) is 16.2. The Bertz CT molecular complexity index is 491. The van der Waals surface area contributed by atoms with Crippen molar-refractivity contribution in [3.63, 3.8) is 0 Å². The molecule has 1 aromatic rings. The van der Waals surface area contributed by atoms with Gasteiger partial charge in [0.15, 0.2) is 0 Å². The molecule has 1 aromatic carbocycles. The van der Waals surface area contributed by atoms with Gasteiger partial charge in [-0.2, -0.15) is 0 Å². The minimum atomic E-state index is -0.377. The van der Waals surface area contributed by atoms with Crippen LogP contribution >= 0.6 is 11.6 Å². The van der Waals surface area contributed by atoms with Gasteiger partial charge in [-0.3, -0.25) is 9.69 Å². The average molecular weight is 314 g/mol. The van der Waals surface area contributed by atoms with Crippen molar-refractivity contribution in [2.75, 3.05) is 33.2 Å². The lowest BCUT2D eigenvalue weighted by molar-refractivity contribution is -0.132. The molecule has 0 saturated carbocycles. The molecule has 1 atom stereocenters. The molecule has 6 heteroatoms. The number of hydrogen-bond donors (Lipinski definition) is 1. The van der Waals surface area contributed by atoms with Crippen LogP contribution in [0.15, 0.2) is 18.2 Å². The molecule has 21 heavy (non-hydrogen) atoms. The van der Waals surface area contributed by atoms with Crippen LogP contribution < -0.4 is 5.32 Å². The smallest absolute Gasteiger partial charge is 0.236 e. The molecule has 1 saturated heterocycles. The Morgan fingerprint density at radius 3 is 3.00 bits per heavy atom. The molecule has 0 radical (unpaired) electrons. The average Bonchev–Trinajstić information content (AvgIpc) is 2.45. The zero-order valence-electron chi connectivity index (χ0n) is 12.4. The second-order valence-corrected chi connectivity index (χ2v) is 5.88. The highest BCUT2D eigenvalue weighted by Crippen LogP contribution is 2.20. The molecule has 1 aliphatic rings. The van der Waals surface area contributed by atoms with Crippen molar-refractivity contribution in [3.05, 3.63) is 34.6 Å². The molecule has 1 amide bonds. The molecule has 1 fully saturated rings. The normalized spacial score (nSPS) is 19.5. The van der Waals surface area contributed by atoms with Crippen LogP contribution in [-0.2, 0) is 11.3 Å². The number of nitrogens with one attached hydrogen (secondary N) is 1. The van der Waals surface area contributed by atoms with E-state index in [4.69, 9.17) is 11.6 Å². The van der Waals surface area contributed by atoms with Crippen molar-refractivity contribution >= 4 is 17.5 Å². The number of carbonyl (C=O) groups excluding carboxylic acids is 1. The fourth-order valence-electron chi connectivity index (χ4n) is 2.42. The van der Waals surface area contributed by atoms with E-state index in [1.54, 1.807) is 19.2 Å². The third-order valence-electron chi connectivity index (χ3n) is 3.86. The summed E-state index contributed by atoms with van der Waals surface area (Å²) in [6.07, 6.45) is 0. The number of piperazine rings is 1. The molecule has 0 aliphatic carbocycles. The summed E-state index contributed by atoms with van der Waals surface area (Å²) in [6.45, 7) is 5.25. The number of halogens is 2. The van der Waals surface area contributed by atoms with Gasteiger partial charge in [0.05, 0.1) is 6.54 Å². The number of rotatable bonds is 4. The molecule has 1 N–H and O–H groups in total. The first-order chi connectivity index (χ1) is 9.99. The maximum absolute atomic E-state index is 13.8. The largest absolute Gasteiger partial charge is 0.340 e. The van der Waals surface area contributed by atoms with Crippen molar-refractivity contribution in [1.29, 1.82) is 0 Å². The van der Waals surface area contributed by atoms with E-state index in [2.05, 4.69) is 17.1 Å². The predicted molar refractivity (Wildman–Crippen MR) is 81.8 cm³/mol. The van der Waals surface area contributed by atoms with E-state index in [-0.39, 0.29) is 18.3 Å². The Kier molecular flexibility index (Phi) is 5.56. The first-order valence-corrected chi connectivity index (χ1v) is 7.48. The topological polar surface area (TPSA) is 35.6 Å². The zero-order valence-corrected chi connectivity index (χ0v) is 13.2. The van der Waals surface area contributed by atoms with Gasteiger partial charge in [0.2, 0.25) is 5.91 Å². The molecular formula is C15H21ClFN3O. The van der Waals surface area contributed by atoms with Crippen LogP contribution in [0.25, 0.3) is 0 Å². The van der Waals surface area contributed by atoms with E-state index in [0.29, 0.717) is 23.2 Å². The predicted octanol–water partition coefficient (Wildman–Crippen LogP) is 1.73. The Morgan fingerprint density at radius 2 is 2.33 bits per heavy atom. The van der Waals surface area contributed by atoms with E-state index in [9.17, 15) is 9.18 Å². The number of hydrogen-bond acceptors (Lipinski definition) is 3. The molecular weight excluding hydrogens is 293 g/mol. The Hall–Kier alpha value is -1.17. The molecule has 0 bridgehead atoms. The van der Waals surface area contributed by atoms with Gasteiger partial charge < -0.3 is 10.2 Å². The number of benzene rings is 1. The van der Waals surface area contributed by atoms with Crippen LogP contribution in [0.5, 0.6) is 0 Å². The molecule has 116 valence electrons. The lowest BCUT2D eigenvalue weighted by atomic mass is 10.2. The van der Waals surface area contributed by atoms with Crippen LogP contribution in [0.3, 0.4) is 0 Å². The summed E-state index contributed by atoms with van der Waals surface area (Å²) in [7, 11) is 1.68. The highest BCUT2D eigenvalue weighted by molar-refractivity contribution is 6.31. The summed E-state index contributed by atoms with van der Waals surface area (Å²) in [5.74, 6) is -0.402. The second-order valence-electron chi connectivity index (χ2n) is 5.47. The molecule has 0 spiro atoms. The molecule has 0 aromatic heterocycles. The van der Waals surface area contributed by atoms with Crippen molar-refractivity contribution in [1.82, 2.24) is 15.1 Å². The highest BCUT2D eigenvalue weighted by atomic mass is 35.5. The number of nitrogens with zero attached hydrogens (tertiary/aromatic N) is 2. The van der Waals surface area contributed by atoms with Gasteiger partial charge in [0.25, 0.3) is 0 Å². The Morgan fingerprint density at radius 1 is 1.57 bits per heavy atom. The summed E-state index contributed by atoms with van der Waals surface area (Å²) >= 11 is 6.00. The second kappa shape index (κ2) is 7.20. The summed E-state index contributed by atoms with van der Waals surface area (Å²) in [6, 6.07) is 4.88. The van der Waals surface area contributed by atoms with Crippen LogP contribution in [0.4, 0.5) is 4.39 Å². The maximum Gasteiger partial charge on any atom is 0.236 e. The Labute approximate surface area is 129 Å². The summed E-state index contributed by atoms with van der Waals surface area (Å²) < 4.78 is 13.8. The van der Waals surface area contributed by atoms with Crippen LogP contribution in [0.1, 0.15) is 12.5 Å². The molecule has 4 nitrogen and oxygen atoms in total. The van der Waals surface area contributed by atoms with Crippen molar-refractivity contribution in [2.24, 2.45) is 0 Å². The van der Waals surface area contributed by atoms with Gasteiger partial charge in [-0.1, -0.05) is 17.7 Å². The highest BCUT2D eigenvalue weighted by Gasteiger charge is 2.22. The summed E-state index contributed by atoms with van der Waals surface area (Å²) in [5, 5.41) is 3.64. The van der Waals surface area contributed by atoms with Crippen molar-refractivity contribution in [2.45, 2.75) is 19.5 Å². The summed E-state index contributed by atoms with van der Waals surface area (Å²) in [5.41, 5.74) is 0.364. The van der Waals surface area contributed by atoms with Crippen LogP contribution in [0.2, 0.25) is 5.02 Å². The van der Waals surface area contributed by atoms with Crippen LogP contribution in [-0.4, -0.2) is 55.0 Å². The monoisotopic (exact) mass is 313 g/mol. The minimum Gasteiger partial charge on any atom is -0.340 e. The quantitative estimate of drug-likeness (QED) is 0.919. The number of likely N-dealkylation sites (N-methyl/N-ethyl adjacent to an activating group) is 1. The van der Waals surface area contributed by atoms with Gasteiger partial charge in [0, 0.05) is 49.9 Å².